The largest absolute Gasteiger partial charge is 0.343 e. The van der Waals surface area contributed by atoms with Crippen LogP contribution in [0.25, 0.3) is 0 Å². The van der Waals surface area contributed by atoms with Crippen LogP contribution in [0.2, 0.25) is 0 Å². The van der Waals surface area contributed by atoms with Gasteiger partial charge in [0.15, 0.2) is 0 Å². The Hall–Kier alpha value is -1.91. The van der Waals surface area contributed by atoms with E-state index in [1.54, 1.807) is 12.1 Å². The van der Waals surface area contributed by atoms with E-state index in [-0.39, 0.29) is 17.1 Å². The third kappa shape index (κ3) is 4.65. The van der Waals surface area contributed by atoms with Crippen molar-refractivity contribution in [3.63, 3.8) is 0 Å². The van der Waals surface area contributed by atoms with Gasteiger partial charge in [0.05, 0.1) is 6.42 Å². The molecule has 5 heteroatoms. The molecule has 0 N–H and O–H groups in total. The van der Waals surface area contributed by atoms with Gasteiger partial charge < -0.3 is 9.80 Å². The van der Waals surface area contributed by atoms with Gasteiger partial charge in [-0.15, -0.1) is 0 Å². The van der Waals surface area contributed by atoms with Gasteiger partial charge in [0.1, 0.15) is 5.82 Å². The monoisotopic (exact) mass is 400 g/mol. The van der Waals surface area contributed by atoms with E-state index in [0.717, 1.165) is 51.0 Å². The Bertz CT molecular complexity index is 721. The van der Waals surface area contributed by atoms with Crippen molar-refractivity contribution in [1.29, 1.82) is 0 Å². The molecule has 0 aromatic heterocycles. The third-order valence-corrected chi connectivity index (χ3v) is 7.45. The fraction of sp³-hybridized carbons (Fsp3) is 0.667. The van der Waals surface area contributed by atoms with Gasteiger partial charge in [-0.3, -0.25) is 9.59 Å². The predicted molar refractivity (Wildman–Crippen MR) is 111 cm³/mol. The number of carbonyl (C=O) groups is 2. The van der Waals surface area contributed by atoms with Gasteiger partial charge in [0, 0.05) is 32.6 Å². The summed E-state index contributed by atoms with van der Waals surface area (Å²) in [6.07, 6.45) is 10.2. The number of rotatable bonds is 5. The van der Waals surface area contributed by atoms with Crippen LogP contribution in [0.15, 0.2) is 24.3 Å². The van der Waals surface area contributed by atoms with Crippen LogP contribution in [0.5, 0.6) is 0 Å². The Morgan fingerprint density at radius 2 is 1.62 bits per heavy atom. The number of hydrogen-bond donors (Lipinski definition) is 0. The SMILES string of the molecule is O=C(CCC1CN(C(=O)Cc2ccc(F)cc2)CC12CCCCC2)N1CCCC1. The van der Waals surface area contributed by atoms with E-state index >= 15 is 0 Å². The molecule has 3 fully saturated rings. The van der Waals surface area contributed by atoms with Crippen molar-refractivity contribution < 1.29 is 14.0 Å². The van der Waals surface area contributed by atoms with Crippen LogP contribution in [0.1, 0.15) is 63.4 Å². The lowest BCUT2D eigenvalue weighted by Gasteiger charge is -2.38. The second-order valence-electron chi connectivity index (χ2n) is 9.32. The molecule has 1 unspecified atom stereocenters. The highest BCUT2D eigenvalue weighted by Gasteiger charge is 2.47. The van der Waals surface area contributed by atoms with Crippen molar-refractivity contribution in [3.8, 4) is 0 Å². The Balaban J connectivity index is 1.40. The van der Waals surface area contributed by atoms with Crippen LogP contribution in [0, 0.1) is 17.2 Å². The average molecular weight is 401 g/mol. The first kappa shape index (κ1) is 20.4. The summed E-state index contributed by atoms with van der Waals surface area (Å²) < 4.78 is 13.2. The Kier molecular flexibility index (Phi) is 6.21. The maximum Gasteiger partial charge on any atom is 0.227 e. The zero-order chi connectivity index (χ0) is 20.3. The van der Waals surface area contributed by atoms with E-state index in [1.807, 2.05) is 9.80 Å². The zero-order valence-corrected chi connectivity index (χ0v) is 17.4. The van der Waals surface area contributed by atoms with Gasteiger partial charge in [-0.25, -0.2) is 4.39 Å². The topological polar surface area (TPSA) is 40.6 Å². The van der Waals surface area contributed by atoms with Crippen LogP contribution in [-0.2, 0) is 16.0 Å². The number of benzene rings is 1. The molecular weight excluding hydrogens is 367 g/mol. The van der Waals surface area contributed by atoms with E-state index in [0.29, 0.717) is 24.7 Å². The summed E-state index contributed by atoms with van der Waals surface area (Å²) in [6.45, 7) is 3.43. The molecule has 0 radical (unpaired) electrons. The van der Waals surface area contributed by atoms with Crippen molar-refractivity contribution in [2.75, 3.05) is 26.2 Å². The molecule has 4 nitrogen and oxygen atoms in total. The second-order valence-corrected chi connectivity index (χ2v) is 9.32. The Morgan fingerprint density at radius 3 is 2.31 bits per heavy atom. The van der Waals surface area contributed by atoms with Gasteiger partial charge in [-0.1, -0.05) is 31.4 Å². The number of hydrogen-bond acceptors (Lipinski definition) is 2. The summed E-state index contributed by atoms with van der Waals surface area (Å²) in [7, 11) is 0. The summed E-state index contributed by atoms with van der Waals surface area (Å²) in [6, 6.07) is 6.24. The lowest BCUT2D eigenvalue weighted by atomic mass is 9.66. The zero-order valence-electron chi connectivity index (χ0n) is 17.4. The summed E-state index contributed by atoms with van der Waals surface area (Å²) >= 11 is 0. The van der Waals surface area contributed by atoms with Crippen LogP contribution < -0.4 is 0 Å². The van der Waals surface area contributed by atoms with Gasteiger partial charge in [0.2, 0.25) is 11.8 Å². The minimum atomic E-state index is -0.272. The number of carbonyl (C=O) groups excluding carboxylic acids is 2. The summed E-state index contributed by atoms with van der Waals surface area (Å²) in [5.74, 6) is 0.581. The van der Waals surface area contributed by atoms with Crippen LogP contribution >= 0.6 is 0 Å². The first-order valence-corrected chi connectivity index (χ1v) is 11.4. The fourth-order valence-electron chi connectivity index (χ4n) is 5.75. The van der Waals surface area contributed by atoms with E-state index in [1.165, 1.54) is 44.2 Å². The van der Waals surface area contributed by atoms with Crippen molar-refractivity contribution >= 4 is 11.8 Å². The second kappa shape index (κ2) is 8.85. The fourth-order valence-corrected chi connectivity index (χ4v) is 5.75. The van der Waals surface area contributed by atoms with Crippen molar-refractivity contribution in [2.45, 2.75) is 64.2 Å². The molecule has 2 aliphatic heterocycles. The first-order chi connectivity index (χ1) is 14.1. The summed E-state index contributed by atoms with van der Waals surface area (Å²) in [5, 5.41) is 0. The van der Waals surface area contributed by atoms with Crippen molar-refractivity contribution in [3.05, 3.63) is 35.6 Å². The molecule has 1 aromatic carbocycles. The lowest BCUT2D eigenvalue weighted by molar-refractivity contribution is -0.130. The molecule has 1 saturated carbocycles. The third-order valence-electron chi connectivity index (χ3n) is 7.45. The van der Waals surface area contributed by atoms with Gasteiger partial charge in [-0.2, -0.15) is 0 Å². The lowest BCUT2D eigenvalue weighted by Crippen LogP contribution is -2.35. The highest BCUT2D eigenvalue weighted by Crippen LogP contribution is 2.49. The average Bonchev–Trinajstić information content (AvgIpc) is 3.38. The van der Waals surface area contributed by atoms with Crippen LogP contribution in [0.4, 0.5) is 4.39 Å². The van der Waals surface area contributed by atoms with E-state index in [4.69, 9.17) is 0 Å². The molecule has 2 saturated heterocycles. The molecule has 1 aromatic rings. The molecule has 1 spiro atoms. The van der Waals surface area contributed by atoms with Gasteiger partial charge in [0.25, 0.3) is 0 Å². The quantitative estimate of drug-likeness (QED) is 0.744. The van der Waals surface area contributed by atoms with Crippen molar-refractivity contribution in [2.24, 2.45) is 11.3 Å². The maximum atomic E-state index is 13.2. The summed E-state index contributed by atoms with van der Waals surface area (Å²) in [5.41, 5.74) is 1.06. The first-order valence-electron chi connectivity index (χ1n) is 11.4. The molecule has 1 atom stereocenters. The molecule has 4 rings (SSSR count). The molecule has 1 aliphatic carbocycles. The molecule has 2 amide bonds. The van der Waals surface area contributed by atoms with E-state index in [9.17, 15) is 14.0 Å². The number of nitrogens with zero attached hydrogens (tertiary/aromatic N) is 2. The minimum absolute atomic E-state index is 0.134. The molecule has 29 heavy (non-hydrogen) atoms. The van der Waals surface area contributed by atoms with Gasteiger partial charge in [-0.05, 0) is 61.1 Å². The van der Waals surface area contributed by atoms with Crippen molar-refractivity contribution in [1.82, 2.24) is 9.80 Å². The standard InChI is InChI=1S/C24H33FN2O2/c25-21-9-6-19(7-10-21)16-23(29)27-17-20(24(18-27)12-2-1-3-13-24)8-11-22(28)26-14-4-5-15-26/h6-7,9-10,20H,1-5,8,11-18H2. The summed E-state index contributed by atoms with van der Waals surface area (Å²) in [4.78, 5) is 29.6. The predicted octanol–water partition coefficient (Wildman–Crippen LogP) is 4.18. The number of amides is 2. The van der Waals surface area contributed by atoms with Gasteiger partial charge >= 0.3 is 0 Å². The number of halogens is 1. The Labute approximate surface area is 173 Å². The molecule has 158 valence electrons. The highest BCUT2D eigenvalue weighted by atomic mass is 19.1. The molecule has 2 heterocycles. The normalized spacial score (nSPS) is 23.7. The molecule has 0 bridgehead atoms. The van der Waals surface area contributed by atoms with E-state index < -0.39 is 0 Å². The van der Waals surface area contributed by atoms with Crippen LogP contribution in [0.3, 0.4) is 0 Å². The maximum absolute atomic E-state index is 13.2. The highest BCUT2D eigenvalue weighted by molar-refractivity contribution is 5.79. The number of likely N-dealkylation sites (tertiary alicyclic amines) is 2. The van der Waals surface area contributed by atoms with Crippen LogP contribution in [-0.4, -0.2) is 47.8 Å². The Morgan fingerprint density at radius 1 is 0.931 bits per heavy atom. The molecule has 3 aliphatic rings. The smallest absolute Gasteiger partial charge is 0.227 e. The minimum Gasteiger partial charge on any atom is -0.343 e. The molecular formula is C24H33FN2O2. The van der Waals surface area contributed by atoms with E-state index in [2.05, 4.69) is 0 Å².